The minimum atomic E-state index is -0.0362. The Bertz CT molecular complexity index is 434. The maximum atomic E-state index is 11.9. The maximum absolute atomic E-state index is 11.9. The van der Waals surface area contributed by atoms with Crippen LogP contribution in [0.25, 0.3) is 0 Å². The van der Waals surface area contributed by atoms with E-state index in [1.54, 1.807) is 19.2 Å². The van der Waals surface area contributed by atoms with Crippen LogP contribution in [0.5, 0.6) is 11.5 Å². The first kappa shape index (κ1) is 12.2. The number of benzene rings is 1. The van der Waals surface area contributed by atoms with Gasteiger partial charge in [-0.15, -0.1) is 0 Å². The topological polar surface area (TPSA) is 47.6 Å². The zero-order valence-corrected chi connectivity index (χ0v) is 10.3. The van der Waals surface area contributed by atoms with Crippen molar-refractivity contribution in [1.82, 2.24) is 5.32 Å². The van der Waals surface area contributed by atoms with Crippen LogP contribution in [0.2, 0.25) is 5.02 Å². The SMILES string of the molecule is CNCC(=O)c1ccc(Cl)c2c1OCCCO2. The molecule has 0 saturated carbocycles. The van der Waals surface area contributed by atoms with E-state index in [1.165, 1.54) is 0 Å². The van der Waals surface area contributed by atoms with Gasteiger partial charge in [0.2, 0.25) is 0 Å². The molecule has 0 aliphatic carbocycles. The van der Waals surface area contributed by atoms with Crippen molar-refractivity contribution in [2.24, 2.45) is 0 Å². The van der Waals surface area contributed by atoms with Crippen molar-refractivity contribution in [2.75, 3.05) is 26.8 Å². The van der Waals surface area contributed by atoms with Gasteiger partial charge in [0.15, 0.2) is 17.3 Å². The van der Waals surface area contributed by atoms with Crippen LogP contribution in [0, 0.1) is 0 Å². The lowest BCUT2D eigenvalue weighted by atomic mass is 10.1. The molecule has 1 N–H and O–H groups in total. The van der Waals surface area contributed by atoms with Gasteiger partial charge in [0.25, 0.3) is 0 Å². The molecule has 1 aromatic rings. The Balaban J connectivity index is 2.43. The zero-order valence-electron chi connectivity index (χ0n) is 9.59. The van der Waals surface area contributed by atoms with E-state index in [9.17, 15) is 4.79 Å². The normalized spacial score (nSPS) is 14.2. The quantitative estimate of drug-likeness (QED) is 0.838. The van der Waals surface area contributed by atoms with Crippen LogP contribution in [-0.4, -0.2) is 32.6 Å². The lowest BCUT2D eigenvalue weighted by Gasteiger charge is -2.12. The summed E-state index contributed by atoms with van der Waals surface area (Å²) in [5, 5.41) is 3.30. The van der Waals surface area contributed by atoms with Crippen LogP contribution < -0.4 is 14.8 Å². The standard InChI is InChI=1S/C12H14ClNO3/c1-14-7-10(15)8-3-4-9(13)12-11(8)16-5-2-6-17-12/h3-4,14H,2,5-7H2,1H3. The summed E-state index contributed by atoms with van der Waals surface area (Å²) in [7, 11) is 1.73. The molecule has 0 spiro atoms. The van der Waals surface area contributed by atoms with Crippen molar-refractivity contribution in [3.05, 3.63) is 22.7 Å². The van der Waals surface area contributed by atoms with Gasteiger partial charge in [-0.3, -0.25) is 4.79 Å². The number of fused-ring (bicyclic) bond motifs is 1. The fourth-order valence-electron chi connectivity index (χ4n) is 1.70. The Kier molecular flexibility index (Phi) is 3.86. The van der Waals surface area contributed by atoms with Crippen molar-refractivity contribution in [3.63, 3.8) is 0 Å². The molecular formula is C12H14ClNO3. The Labute approximate surface area is 105 Å². The summed E-state index contributed by atoms with van der Waals surface area (Å²) in [6, 6.07) is 3.34. The molecule has 17 heavy (non-hydrogen) atoms. The molecule has 92 valence electrons. The minimum Gasteiger partial charge on any atom is -0.489 e. The monoisotopic (exact) mass is 255 g/mol. The minimum absolute atomic E-state index is 0.0362. The van der Waals surface area contributed by atoms with Crippen LogP contribution in [0.4, 0.5) is 0 Å². The fraction of sp³-hybridized carbons (Fsp3) is 0.417. The van der Waals surface area contributed by atoms with E-state index in [4.69, 9.17) is 21.1 Å². The first-order valence-corrected chi connectivity index (χ1v) is 5.87. The summed E-state index contributed by atoms with van der Waals surface area (Å²) < 4.78 is 11.1. The van der Waals surface area contributed by atoms with E-state index in [0.29, 0.717) is 35.3 Å². The molecule has 0 amide bonds. The second-order valence-electron chi connectivity index (χ2n) is 3.76. The zero-order chi connectivity index (χ0) is 12.3. The molecule has 5 heteroatoms. The van der Waals surface area contributed by atoms with Gasteiger partial charge in [-0.1, -0.05) is 11.6 Å². The van der Waals surface area contributed by atoms with E-state index in [2.05, 4.69) is 5.32 Å². The van der Waals surface area contributed by atoms with Crippen molar-refractivity contribution >= 4 is 17.4 Å². The second-order valence-corrected chi connectivity index (χ2v) is 4.16. The van der Waals surface area contributed by atoms with Gasteiger partial charge in [-0.25, -0.2) is 0 Å². The van der Waals surface area contributed by atoms with E-state index >= 15 is 0 Å². The number of carbonyl (C=O) groups excluding carboxylic acids is 1. The molecule has 1 aromatic carbocycles. The van der Waals surface area contributed by atoms with Crippen LogP contribution in [-0.2, 0) is 0 Å². The Morgan fingerprint density at radius 3 is 2.76 bits per heavy atom. The first-order valence-electron chi connectivity index (χ1n) is 5.50. The van der Waals surface area contributed by atoms with E-state index < -0.39 is 0 Å². The van der Waals surface area contributed by atoms with Gasteiger partial charge in [-0.05, 0) is 19.2 Å². The van der Waals surface area contributed by atoms with E-state index in [-0.39, 0.29) is 12.3 Å². The van der Waals surface area contributed by atoms with Crippen LogP contribution >= 0.6 is 11.6 Å². The number of rotatable bonds is 3. The highest BCUT2D eigenvalue weighted by Gasteiger charge is 2.21. The van der Waals surface area contributed by atoms with Crippen molar-refractivity contribution in [3.8, 4) is 11.5 Å². The number of halogens is 1. The number of ether oxygens (including phenoxy) is 2. The summed E-state index contributed by atoms with van der Waals surface area (Å²) in [4.78, 5) is 11.9. The molecule has 1 aliphatic rings. The van der Waals surface area contributed by atoms with Gasteiger partial charge in [-0.2, -0.15) is 0 Å². The molecule has 2 rings (SSSR count). The predicted molar refractivity (Wildman–Crippen MR) is 65.3 cm³/mol. The third kappa shape index (κ3) is 2.53. The first-order chi connectivity index (χ1) is 8.24. The van der Waals surface area contributed by atoms with Gasteiger partial charge < -0.3 is 14.8 Å². The van der Waals surface area contributed by atoms with E-state index in [1.807, 2.05) is 0 Å². The van der Waals surface area contributed by atoms with Crippen molar-refractivity contribution in [1.29, 1.82) is 0 Å². The third-order valence-electron chi connectivity index (χ3n) is 2.48. The van der Waals surface area contributed by atoms with Crippen molar-refractivity contribution < 1.29 is 14.3 Å². The number of nitrogens with one attached hydrogen (secondary N) is 1. The molecule has 0 unspecified atom stereocenters. The van der Waals surface area contributed by atoms with Gasteiger partial charge >= 0.3 is 0 Å². The van der Waals surface area contributed by atoms with E-state index in [0.717, 1.165) is 6.42 Å². The molecule has 4 nitrogen and oxygen atoms in total. The lowest BCUT2D eigenvalue weighted by Crippen LogP contribution is -2.19. The Morgan fingerprint density at radius 1 is 1.35 bits per heavy atom. The van der Waals surface area contributed by atoms with Gasteiger partial charge in [0, 0.05) is 6.42 Å². The third-order valence-corrected chi connectivity index (χ3v) is 2.78. The number of hydrogen-bond acceptors (Lipinski definition) is 4. The van der Waals surface area contributed by atoms with Crippen LogP contribution in [0.15, 0.2) is 12.1 Å². The number of likely N-dealkylation sites (N-methyl/N-ethyl adjacent to an activating group) is 1. The summed E-state index contributed by atoms with van der Waals surface area (Å²) in [6.45, 7) is 1.35. The highest BCUT2D eigenvalue weighted by atomic mass is 35.5. The predicted octanol–water partition coefficient (Wildman–Crippen LogP) is 1.90. The van der Waals surface area contributed by atoms with Crippen LogP contribution in [0.1, 0.15) is 16.8 Å². The second kappa shape index (κ2) is 5.38. The smallest absolute Gasteiger partial charge is 0.180 e. The van der Waals surface area contributed by atoms with Crippen molar-refractivity contribution in [2.45, 2.75) is 6.42 Å². The number of hydrogen-bond donors (Lipinski definition) is 1. The molecule has 0 fully saturated rings. The van der Waals surface area contributed by atoms with Gasteiger partial charge in [0.1, 0.15) is 0 Å². The molecule has 1 heterocycles. The number of Topliss-reactive ketones (excluding diaryl/α,β-unsaturated/α-hetero) is 1. The summed E-state index contributed by atoms with van der Waals surface area (Å²) in [5.74, 6) is 0.910. The lowest BCUT2D eigenvalue weighted by molar-refractivity contribution is 0.0989. The maximum Gasteiger partial charge on any atom is 0.180 e. The molecule has 0 atom stereocenters. The number of carbonyl (C=O) groups is 1. The summed E-state index contributed by atoms with van der Waals surface area (Å²) >= 11 is 6.04. The largest absolute Gasteiger partial charge is 0.489 e. The highest BCUT2D eigenvalue weighted by molar-refractivity contribution is 6.32. The average Bonchev–Trinajstić information content (AvgIpc) is 2.56. The molecular weight excluding hydrogens is 242 g/mol. The van der Waals surface area contributed by atoms with Gasteiger partial charge in [0.05, 0.1) is 30.3 Å². The highest BCUT2D eigenvalue weighted by Crippen LogP contribution is 2.39. The molecule has 0 radical (unpaired) electrons. The summed E-state index contributed by atoms with van der Waals surface area (Å²) in [6.07, 6.45) is 0.782. The Hall–Kier alpha value is -1.26. The average molecular weight is 256 g/mol. The molecule has 1 aliphatic heterocycles. The molecule has 0 aromatic heterocycles. The molecule has 0 bridgehead atoms. The Morgan fingerprint density at radius 2 is 2.06 bits per heavy atom. The number of ketones is 1. The van der Waals surface area contributed by atoms with Crippen LogP contribution in [0.3, 0.4) is 0 Å². The fourth-order valence-corrected chi connectivity index (χ4v) is 1.90. The molecule has 0 saturated heterocycles. The summed E-state index contributed by atoms with van der Waals surface area (Å²) in [5.41, 5.74) is 0.514.